The molecule has 2 nitrogen and oxygen atoms in total. The van der Waals surface area contributed by atoms with Crippen LogP contribution in [0, 0.1) is 5.41 Å². The summed E-state index contributed by atoms with van der Waals surface area (Å²) in [7, 11) is 1.70. The summed E-state index contributed by atoms with van der Waals surface area (Å²) in [5.74, 6) is 1.73. The van der Waals surface area contributed by atoms with E-state index in [1.807, 2.05) is 24.3 Å². The molecule has 19 heavy (non-hydrogen) atoms. The molecule has 2 aliphatic carbocycles. The van der Waals surface area contributed by atoms with E-state index in [9.17, 15) is 0 Å². The SMILES string of the molecule is COc1ccccc1OC1CC(Br)C12CCCCC2. The van der Waals surface area contributed by atoms with Crippen LogP contribution in [0.15, 0.2) is 24.3 Å². The van der Waals surface area contributed by atoms with Crippen LogP contribution in [0.5, 0.6) is 11.5 Å². The van der Waals surface area contributed by atoms with Gasteiger partial charge in [-0.25, -0.2) is 0 Å². The lowest BCUT2D eigenvalue weighted by Crippen LogP contribution is -2.57. The first-order chi connectivity index (χ1) is 9.26. The number of methoxy groups -OCH3 is 1. The molecule has 0 aromatic heterocycles. The maximum atomic E-state index is 6.28. The van der Waals surface area contributed by atoms with Gasteiger partial charge in [-0.2, -0.15) is 0 Å². The molecule has 0 heterocycles. The summed E-state index contributed by atoms with van der Waals surface area (Å²) in [6, 6.07) is 7.97. The zero-order valence-electron chi connectivity index (χ0n) is 11.4. The molecule has 2 fully saturated rings. The van der Waals surface area contributed by atoms with Gasteiger partial charge in [0, 0.05) is 10.2 Å². The average molecular weight is 325 g/mol. The smallest absolute Gasteiger partial charge is 0.161 e. The van der Waals surface area contributed by atoms with E-state index < -0.39 is 0 Å². The highest BCUT2D eigenvalue weighted by molar-refractivity contribution is 9.09. The topological polar surface area (TPSA) is 18.5 Å². The summed E-state index contributed by atoms with van der Waals surface area (Å²) >= 11 is 3.86. The predicted molar refractivity (Wildman–Crippen MR) is 80.3 cm³/mol. The van der Waals surface area contributed by atoms with Crippen LogP contribution in [0.1, 0.15) is 38.5 Å². The number of ether oxygens (including phenoxy) is 2. The second-order valence-electron chi connectivity index (χ2n) is 5.75. The van der Waals surface area contributed by atoms with Crippen molar-refractivity contribution in [3.8, 4) is 11.5 Å². The number of alkyl halides is 1. The van der Waals surface area contributed by atoms with Gasteiger partial charge in [-0.1, -0.05) is 47.3 Å². The predicted octanol–water partition coefficient (Wildman–Crippen LogP) is 4.56. The summed E-state index contributed by atoms with van der Waals surface area (Å²) in [6.45, 7) is 0. The molecule has 0 aliphatic heterocycles. The Kier molecular flexibility index (Phi) is 3.75. The van der Waals surface area contributed by atoms with Crippen LogP contribution >= 0.6 is 15.9 Å². The average Bonchev–Trinajstić information content (AvgIpc) is 2.48. The molecular formula is C16H21BrO2. The molecule has 2 unspecified atom stereocenters. The second-order valence-corrected chi connectivity index (χ2v) is 6.86. The van der Waals surface area contributed by atoms with Crippen molar-refractivity contribution in [3.63, 3.8) is 0 Å². The fourth-order valence-electron chi connectivity index (χ4n) is 3.58. The number of hydrogen-bond donors (Lipinski definition) is 0. The first kappa shape index (κ1) is 13.3. The number of hydrogen-bond acceptors (Lipinski definition) is 2. The molecule has 1 aromatic rings. The maximum absolute atomic E-state index is 6.28. The third-order valence-corrected chi connectivity index (χ3v) is 6.09. The monoisotopic (exact) mass is 324 g/mol. The third kappa shape index (κ3) is 2.26. The molecule has 0 amide bonds. The van der Waals surface area contributed by atoms with Crippen LogP contribution in [-0.2, 0) is 0 Å². The molecule has 0 N–H and O–H groups in total. The van der Waals surface area contributed by atoms with E-state index in [0.717, 1.165) is 17.9 Å². The van der Waals surface area contributed by atoms with Gasteiger partial charge < -0.3 is 9.47 Å². The van der Waals surface area contributed by atoms with Crippen LogP contribution in [0.3, 0.4) is 0 Å². The molecule has 0 radical (unpaired) electrons. The number of benzene rings is 1. The van der Waals surface area contributed by atoms with Gasteiger partial charge in [0.15, 0.2) is 11.5 Å². The minimum absolute atomic E-state index is 0.341. The molecule has 2 saturated carbocycles. The summed E-state index contributed by atoms with van der Waals surface area (Å²) in [5, 5.41) is 0. The Hall–Kier alpha value is -0.700. The first-order valence-electron chi connectivity index (χ1n) is 7.20. The molecule has 0 saturated heterocycles. The van der Waals surface area contributed by atoms with E-state index in [2.05, 4.69) is 15.9 Å². The Labute approximate surface area is 123 Å². The fraction of sp³-hybridized carbons (Fsp3) is 0.625. The minimum Gasteiger partial charge on any atom is -0.493 e. The van der Waals surface area contributed by atoms with Crippen molar-refractivity contribution in [2.45, 2.75) is 49.5 Å². The normalized spacial score (nSPS) is 28.7. The Morgan fingerprint density at radius 3 is 2.42 bits per heavy atom. The van der Waals surface area contributed by atoms with Crippen molar-refractivity contribution < 1.29 is 9.47 Å². The lowest BCUT2D eigenvalue weighted by atomic mass is 9.58. The van der Waals surface area contributed by atoms with Gasteiger partial charge in [-0.05, 0) is 31.4 Å². The summed E-state index contributed by atoms with van der Waals surface area (Å²) in [4.78, 5) is 0.625. The molecule has 0 bridgehead atoms. The van der Waals surface area contributed by atoms with Gasteiger partial charge in [0.1, 0.15) is 6.10 Å². The second kappa shape index (κ2) is 5.35. The molecule has 1 spiro atoms. The largest absolute Gasteiger partial charge is 0.493 e. The minimum atomic E-state index is 0.341. The molecule has 104 valence electrons. The number of halogens is 1. The van der Waals surface area contributed by atoms with Crippen molar-refractivity contribution in [1.82, 2.24) is 0 Å². The van der Waals surface area contributed by atoms with Gasteiger partial charge in [0.05, 0.1) is 7.11 Å². The van der Waals surface area contributed by atoms with Crippen molar-refractivity contribution in [2.24, 2.45) is 5.41 Å². The molecule has 3 rings (SSSR count). The Morgan fingerprint density at radius 2 is 1.79 bits per heavy atom. The number of rotatable bonds is 3. The summed E-state index contributed by atoms with van der Waals surface area (Å²) < 4.78 is 11.7. The van der Waals surface area contributed by atoms with E-state index in [0.29, 0.717) is 16.3 Å². The van der Waals surface area contributed by atoms with E-state index in [1.165, 1.54) is 32.1 Å². The van der Waals surface area contributed by atoms with Crippen LogP contribution in [0.25, 0.3) is 0 Å². The standard InChI is InChI=1S/C16H21BrO2/c1-18-12-7-3-4-8-13(12)19-15-11-14(17)16(15)9-5-2-6-10-16/h3-4,7-8,14-15H,2,5-6,9-11H2,1H3. The van der Waals surface area contributed by atoms with Crippen molar-refractivity contribution >= 4 is 15.9 Å². The zero-order chi connectivity index (χ0) is 13.3. The third-order valence-electron chi connectivity index (χ3n) is 4.81. The Balaban J connectivity index is 1.76. The highest BCUT2D eigenvalue weighted by atomic mass is 79.9. The van der Waals surface area contributed by atoms with Crippen LogP contribution in [0.4, 0.5) is 0 Å². The molecule has 1 aromatic carbocycles. The molecular weight excluding hydrogens is 304 g/mol. The Morgan fingerprint density at radius 1 is 1.11 bits per heavy atom. The van der Waals surface area contributed by atoms with Gasteiger partial charge in [-0.3, -0.25) is 0 Å². The van der Waals surface area contributed by atoms with Crippen LogP contribution < -0.4 is 9.47 Å². The van der Waals surface area contributed by atoms with Gasteiger partial charge >= 0.3 is 0 Å². The lowest BCUT2D eigenvalue weighted by molar-refractivity contribution is -0.0610. The summed E-state index contributed by atoms with van der Waals surface area (Å²) in [6.07, 6.45) is 8.10. The zero-order valence-corrected chi connectivity index (χ0v) is 13.0. The lowest BCUT2D eigenvalue weighted by Gasteiger charge is -2.55. The van der Waals surface area contributed by atoms with Crippen LogP contribution in [0.2, 0.25) is 0 Å². The first-order valence-corrected chi connectivity index (χ1v) is 8.11. The van der Waals surface area contributed by atoms with Crippen LogP contribution in [-0.4, -0.2) is 18.0 Å². The van der Waals surface area contributed by atoms with Crippen molar-refractivity contribution in [2.75, 3.05) is 7.11 Å². The number of para-hydroxylation sites is 2. The van der Waals surface area contributed by atoms with Crippen molar-refractivity contribution in [3.05, 3.63) is 24.3 Å². The highest BCUT2D eigenvalue weighted by Gasteiger charge is 2.55. The van der Waals surface area contributed by atoms with Gasteiger partial charge in [0.2, 0.25) is 0 Å². The fourth-order valence-corrected chi connectivity index (χ4v) is 4.67. The highest BCUT2D eigenvalue weighted by Crippen LogP contribution is 2.56. The quantitative estimate of drug-likeness (QED) is 0.759. The summed E-state index contributed by atoms with van der Waals surface area (Å²) in [5.41, 5.74) is 0.360. The van der Waals surface area contributed by atoms with E-state index >= 15 is 0 Å². The van der Waals surface area contributed by atoms with Gasteiger partial charge in [0.25, 0.3) is 0 Å². The maximum Gasteiger partial charge on any atom is 0.161 e. The Bertz CT molecular complexity index is 440. The van der Waals surface area contributed by atoms with E-state index in [-0.39, 0.29) is 0 Å². The van der Waals surface area contributed by atoms with E-state index in [4.69, 9.17) is 9.47 Å². The molecule has 2 atom stereocenters. The van der Waals surface area contributed by atoms with Crippen molar-refractivity contribution in [1.29, 1.82) is 0 Å². The van der Waals surface area contributed by atoms with E-state index in [1.54, 1.807) is 7.11 Å². The van der Waals surface area contributed by atoms with Gasteiger partial charge in [-0.15, -0.1) is 0 Å². The molecule has 2 aliphatic rings. The molecule has 3 heteroatoms.